The van der Waals surface area contributed by atoms with Crippen LogP contribution in [0.2, 0.25) is 0 Å². The Labute approximate surface area is 96.4 Å². The van der Waals surface area contributed by atoms with E-state index in [0.29, 0.717) is 5.92 Å². The van der Waals surface area contributed by atoms with Gasteiger partial charge in [-0.25, -0.2) is 4.98 Å². The molecule has 84 valence electrons. The fraction of sp³-hybridized carbons (Fsp3) is 0.583. The lowest BCUT2D eigenvalue weighted by molar-refractivity contribution is 0.657. The van der Waals surface area contributed by atoms with E-state index in [4.69, 9.17) is 0 Å². The molecule has 0 spiro atoms. The molecule has 15 heavy (non-hydrogen) atoms. The van der Waals surface area contributed by atoms with E-state index in [2.05, 4.69) is 37.1 Å². The highest BCUT2D eigenvalue weighted by atomic mass is 32.1. The van der Waals surface area contributed by atoms with Gasteiger partial charge in [0.25, 0.3) is 0 Å². The maximum Gasteiger partial charge on any atom is 0.115 e. The number of nitrogens with zero attached hydrogens (tertiary/aromatic N) is 1. The van der Waals surface area contributed by atoms with Crippen LogP contribution in [0.1, 0.15) is 32.2 Å². The minimum atomic E-state index is 0.582. The van der Waals surface area contributed by atoms with Gasteiger partial charge < -0.3 is 5.32 Å². The highest BCUT2D eigenvalue weighted by Crippen LogP contribution is 2.15. The molecule has 0 amide bonds. The van der Waals surface area contributed by atoms with E-state index in [1.165, 1.54) is 12.0 Å². The molecule has 1 aromatic rings. The zero-order valence-electron chi connectivity index (χ0n) is 9.79. The first kappa shape index (κ1) is 12.4. The summed E-state index contributed by atoms with van der Waals surface area (Å²) in [6.07, 6.45) is 5.24. The molecule has 1 rings (SSSR count). The summed E-state index contributed by atoms with van der Waals surface area (Å²) in [6.45, 7) is 8.71. The van der Waals surface area contributed by atoms with E-state index in [0.717, 1.165) is 18.1 Å². The summed E-state index contributed by atoms with van der Waals surface area (Å²) in [7, 11) is 0. The van der Waals surface area contributed by atoms with Crippen molar-refractivity contribution in [2.24, 2.45) is 5.92 Å². The molecule has 0 fully saturated rings. The number of rotatable bonds is 6. The van der Waals surface area contributed by atoms with Gasteiger partial charge in [-0.05, 0) is 25.0 Å². The Morgan fingerprint density at radius 1 is 1.60 bits per heavy atom. The van der Waals surface area contributed by atoms with Crippen LogP contribution in [0, 0.1) is 5.92 Å². The first-order valence-electron chi connectivity index (χ1n) is 5.54. The molecule has 1 heterocycles. The molecule has 0 saturated carbocycles. The summed E-state index contributed by atoms with van der Waals surface area (Å²) >= 11 is 1.69. The zero-order chi connectivity index (χ0) is 11.1. The van der Waals surface area contributed by atoms with Gasteiger partial charge in [0, 0.05) is 18.1 Å². The third-order valence-corrected chi connectivity index (χ3v) is 2.98. The molecule has 0 aliphatic carbocycles. The van der Waals surface area contributed by atoms with Crippen LogP contribution in [0.4, 0.5) is 0 Å². The van der Waals surface area contributed by atoms with E-state index in [1.54, 1.807) is 11.3 Å². The lowest BCUT2D eigenvalue weighted by atomic mass is 10.0. The Bertz CT molecular complexity index is 289. The minimum Gasteiger partial charge on any atom is -0.313 e. The van der Waals surface area contributed by atoms with Gasteiger partial charge in [-0.1, -0.05) is 26.3 Å². The average molecular weight is 224 g/mol. The van der Waals surface area contributed by atoms with Gasteiger partial charge in [0.15, 0.2) is 0 Å². The number of hydrogen-bond acceptors (Lipinski definition) is 3. The van der Waals surface area contributed by atoms with Gasteiger partial charge in [0.1, 0.15) is 5.01 Å². The molecular formula is C12H20N2S. The van der Waals surface area contributed by atoms with Crippen molar-refractivity contribution in [3.63, 3.8) is 0 Å². The van der Waals surface area contributed by atoms with Crippen LogP contribution in [0.5, 0.6) is 0 Å². The van der Waals surface area contributed by atoms with Gasteiger partial charge in [0.05, 0.1) is 0 Å². The molecular weight excluding hydrogens is 204 g/mol. The maximum absolute atomic E-state index is 4.28. The Kier molecular flexibility index (Phi) is 5.58. The normalized spacial score (nSPS) is 12.4. The first-order chi connectivity index (χ1) is 7.24. The van der Waals surface area contributed by atoms with Gasteiger partial charge in [0.2, 0.25) is 0 Å². The van der Waals surface area contributed by atoms with Crippen LogP contribution in [0.25, 0.3) is 6.08 Å². The van der Waals surface area contributed by atoms with E-state index >= 15 is 0 Å². The second-order valence-corrected chi connectivity index (χ2v) is 4.85. The smallest absolute Gasteiger partial charge is 0.115 e. The predicted molar refractivity (Wildman–Crippen MR) is 68.1 cm³/mol. The fourth-order valence-electron chi connectivity index (χ4n) is 1.30. The first-order valence-corrected chi connectivity index (χ1v) is 6.42. The molecule has 1 aromatic heterocycles. The van der Waals surface area contributed by atoms with Crippen molar-refractivity contribution >= 4 is 17.4 Å². The standard InChI is InChI=1S/C12H20N2S/c1-4-5-13-9-11(10(2)3)8-12-14-6-7-15-12/h6-8,10,13H,4-5,9H2,1-3H3/b11-8-. The van der Waals surface area contributed by atoms with Crippen LogP contribution in [-0.2, 0) is 0 Å². The van der Waals surface area contributed by atoms with Crippen LogP contribution in [0.15, 0.2) is 17.2 Å². The van der Waals surface area contributed by atoms with E-state index in [-0.39, 0.29) is 0 Å². The SMILES string of the molecule is CCCNC/C(=C/c1nccs1)C(C)C. The third kappa shape index (κ3) is 4.58. The summed E-state index contributed by atoms with van der Waals surface area (Å²) in [4.78, 5) is 4.28. The lowest BCUT2D eigenvalue weighted by Crippen LogP contribution is -2.19. The summed E-state index contributed by atoms with van der Waals surface area (Å²) in [6, 6.07) is 0. The second kappa shape index (κ2) is 6.75. The van der Waals surface area contributed by atoms with E-state index in [9.17, 15) is 0 Å². The van der Waals surface area contributed by atoms with Gasteiger partial charge in [-0.15, -0.1) is 11.3 Å². The monoisotopic (exact) mass is 224 g/mol. The largest absolute Gasteiger partial charge is 0.313 e. The van der Waals surface area contributed by atoms with Crippen molar-refractivity contribution in [2.45, 2.75) is 27.2 Å². The predicted octanol–water partition coefficient (Wildman–Crippen LogP) is 3.18. The summed E-state index contributed by atoms with van der Waals surface area (Å²) in [5.41, 5.74) is 1.43. The van der Waals surface area contributed by atoms with Gasteiger partial charge in [-0.2, -0.15) is 0 Å². The Hall–Kier alpha value is -0.670. The maximum atomic E-state index is 4.28. The molecule has 0 aliphatic heterocycles. The van der Waals surface area contributed by atoms with Crippen molar-refractivity contribution in [3.05, 3.63) is 22.2 Å². The van der Waals surface area contributed by atoms with Crippen LogP contribution in [-0.4, -0.2) is 18.1 Å². The number of hydrogen-bond donors (Lipinski definition) is 1. The van der Waals surface area contributed by atoms with Crippen molar-refractivity contribution in [3.8, 4) is 0 Å². The zero-order valence-corrected chi connectivity index (χ0v) is 10.6. The molecule has 0 atom stereocenters. The van der Waals surface area contributed by atoms with Gasteiger partial charge >= 0.3 is 0 Å². The second-order valence-electron chi connectivity index (χ2n) is 3.92. The number of thiazole rings is 1. The van der Waals surface area contributed by atoms with Crippen molar-refractivity contribution in [2.75, 3.05) is 13.1 Å². The highest BCUT2D eigenvalue weighted by Gasteiger charge is 2.03. The molecule has 0 radical (unpaired) electrons. The van der Waals surface area contributed by atoms with Crippen molar-refractivity contribution < 1.29 is 0 Å². The molecule has 3 heteroatoms. The quantitative estimate of drug-likeness (QED) is 0.751. The third-order valence-electron chi connectivity index (χ3n) is 2.26. The summed E-state index contributed by atoms with van der Waals surface area (Å²) < 4.78 is 0. The molecule has 1 N–H and O–H groups in total. The van der Waals surface area contributed by atoms with E-state index in [1.807, 2.05) is 11.6 Å². The van der Waals surface area contributed by atoms with Gasteiger partial charge in [-0.3, -0.25) is 0 Å². The van der Waals surface area contributed by atoms with E-state index < -0.39 is 0 Å². The number of nitrogens with one attached hydrogen (secondary N) is 1. The fourth-order valence-corrected chi connectivity index (χ4v) is 1.90. The Balaban J connectivity index is 2.57. The van der Waals surface area contributed by atoms with Crippen LogP contribution < -0.4 is 5.32 Å². The van der Waals surface area contributed by atoms with Crippen molar-refractivity contribution in [1.82, 2.24) is 10.3 Å². The lowest BCUT2D eigenvalue weighted by Gasteiger charge is -2.11. The topological polar surface area (TPSA) is 24.9 Å². The summed E-state index contributed by atoms with van der Waals surface area (Å²) in [5.74, 6) is 0.582. The summed E-state index contributed by atoms with van der Waals surface area (Å²) in [5, 5.41) is 6.56. The highest BCUT2D eigenvalue weighted by molar-refractivity contribution is 7.10. The number of aromatic nitrogens is 1. The van der Waals surface area contributed by atoms with Crippen molar-refractivity contribution in [1.29, 1.82) is 0 Å². The molecule has 0 aliphatic rings. The molecule has 2 nitrogen and oxygen atoms in total. The molecule has 0 bridgehead atoms. The Morgan fingerprint density at radius 2 is 2.40 bits per heavy atom. The molecule has 0 unspecified atom stereocenters. The molecule has 0 aromatic carbocycles. The minimum absolute atomic E-state index is 0.582. The van der Waals surface area contributed by atoms with Crippen LogP contribution in [0.3, 0.4) is 0 Å². The molecule has 0 saturated heterocycles. The average Bonchev–Trinajstić information content (AvgIpc) is 2.69. The Morgan fingerprint density at radius 3 is 2.93 bits per heavy atom. The van der Waals surface area contributed by atoms with Crippen LogP contribution >= 0.6 is 11.3 Å².